The number of hydrogen-bond acceptors (Lipinski definition) is 6. The Morgan fingerprint density at radius 2 is 1.90 bits per heavy atom. The molecule has 0 bridgehead atoms. The Bertz CT molecular complexity index is 846. The van der Waals surface area contributed by atoms with Crippen LogP contribution in [-0.2, 0) is 19.4 Å². The second-order valence-corrected chi connectivity index (χ2v) is 8.91. The highest BCUT2D eigenvalue weighted by molar-refractivity contribution is 7.80. The van der Waals surface area contributed by atoms with Crippen molar-refractivity contribution in [2.75, 3.05) is 24.3 Å². The molecule has 3 N–H and O–H groups in total. The fourth-order valence-corrected chi connectivity index (χ4v) is 4.63. The Kier molecular flexibility index (Phi) is 6.72. The molecule has 0 saturated heterocycles. The Morgan fingerprint density at radius 3 is 2.63 bits per heavy atom. The van der Waals surface area contributed by atoms with Crippen molar-refractivity contribution in [1.29, 1.82) is 0 Å². The summed E-state index contributed by atoms with van der Waals surface area (Å²) >= 11 is 5.43. The number of fused-ring (bicyclic) bond motifs is 1. The van der Waals surface area contributed by atoms with Gasteiger partial charge in [0.15, 0.2) is 5.11 Å². The van der Waals surface area contributed by atoms with E-state index >= 15 is 0 Å². The molecule has 0 atom stereocenters. The molecule has 1 fully saturated rings. The number of nitrogens with one attached hydrogen (secondary N) is 3. The van der Waals surface area contributed by atoms with Gasteiger partial charge in [0, 0.05) is 31.7 Å². The molecule has 2 heterocycles. The number of anilines is 2. The third-order valence-corrected chi connectivity index (χ3v) is 6.25. The lowest BCUT2D eigenvalue weighted by Gasteiger charge is -2.31. The zero-order valence-electron chi connectivity index (χ0n) is 17.9. The molecule has 1 saturated carbocycles. The van der Waals surface area contributed by atoms with Crippen LogP contribution in [0.15, 0.2) is 22.8 Å². The predicted octanol–water partition coefficient (Wildman–Crippen LogP) is 3.40. The topological polar surface area (TPSA) is 78.3 Å². The Hall–Kier alpha value is -2.35. The molecule has 2 aliphatic rings. The fraction of sp³-hybridized carbons (Fsp3) is 0.591. The summed E-state index contributed by atoms with van der Waals surface area (Å²) in [5.74, 6) is 2.74. The van der Waals surface area contributed by atoms with Gasteiger partial charge in [0.1, 0.15) is 11.6 Å². The molecule has 0 aliphatic heterocycles. The zero-order chi connectivity index (χ0) is 20.9. The molecule has 0 radical (unpaired) electrons. The molecule has 0 unspecified atom stereocenters. The van der Waals surface area contributed by atoms with E-state index < -0.39 is 0 Å². The van der Waals surface area contributed by atoms with Crippen molar-refractivity contribution < 1.29 is 4.42 Å². The van der Waals surface area contributed by atoms with Gasteiger partial charge >= 0.3 is 0 Å². The number of rotatable bonds is 6. The van der Waals surface area contributed by atoms with Crippen LogP contribution in [0.5, 0.6) is 0 Å². The molecule has 0 amide bonds. The van der Waals surface area contributed by atoms with Gasteiger partial charge < -0.3 is 25.3 Å². The second kappa shape index (κ2) is 9.64. The molecule has 162 valence electrons. The van der Waals surface area contributed by atoms with Crippen LogP contribution in [0.4, 0.5) is 11.8 Å². The van der Waals surface area contributed by atoms with Gasteiger partial charge in [0.05, 0.1) is 18.5 Å². The molecular formula is C22H32N6OS. The molecule has 4 rings (SSSR count). The molecule has 0 spiro atoms. The standard InChI is InChI=1S/C22H32N6OS/c1-28(2)20-18-7-3-4-8-19(18)26-21(27-20)24-15-9-11-16(12-10-15)25-22(30)23-14-17-6-5-13-29-17/h5-6,13,15-16H,3-4,7-12,14H2,1-2H3,(H2,23,25,30)(H,24,26,27). The summed E-state index contributed by atoms with van der Waals surface area (Å²) < 4.78 is 5.33. The maximum Gasteiger partial charge on any atom is 0.225 e. The van der Waals surface area contributed by atoms with Gasteiger partial charge in [-0.2, -0.15) is 4.98 Å². The van der Waals surface area contributed by atoms with Crippen molar-refractivity contribution in [2.24, 2.45) is 0 Å². The maximum atomic E-state index is 5.43. The summed E-state index contributed by atoms with van der Waals surface area (Å²) in [7, 11) is 4.14. The molecule has 2 aromatic heterocycles. The Balaban J connectivity index is 1.27. The monoisotopic (exact) mass is 428 g/mol. The van der Waals surface area contributed by atoms with Crippen LogP contribution in [0.25, 0.3) is 0 Å². The van der Waals surface area contributed by atoms with Crippen molar-refractivity contribution in [3.63, 3.8) is 0 Å². The van der Waals surface area contributed by atoms with Crippen LogP contribution in [0, 0.1) is 0 Å². The summed E-state index contributed by atoms with van der Waals surface area (Å²) in [6.07, 6.45) is 10.6. The van der Waals surface area contributed by atoms with Crippen LogP contribution in [0.1, 0.15) is 55.5 Å². The van der Waals surface area contributed by atoms with E-state index in [9.17, 15) is 0 Å². The van der Waals surface area contributed by atoms with Crippen molar-refractivity contribution >= 4 is 29.1 Å². The van der Waals surface area contributed by atoms with E-state index in [-0.39, 0.29) is 0 Å². The number of hydrogen-bond donors (Lipinski definition) is 3. The SMILES string of the molecule is CN(C)c1nc(NC2CCC(NC(=S)NCc3ccco3)CC2)nc2c1CCCC2. The first-order chi connectivity index (χ1) is 14.6. The van der Waals surface area contributed by atoms with Crippen molar-refractivity contribution in [3.8, 4) is 0 Å². The van der Waals surface area contributed by atoms with Gasteiger partial charge in [-0.25, -0.2) is 4.98 Å². The second-order valence-electron chi connectivity index (χ2n) is 8.50. The first kappa shape index (κ1) is 20.9. The smallest absolute Gasteiger partial charge is 0.225 e. The van der Waals surface area contributed by atoms with E-state index in [1.165, 1.54) is 24.1 Å². The minimum Gasteiger partial charge on any atom is -0.467 e. The van der Waals surface area contributed by atoms with E-state index in [0.29, 0.717) is 23.7 Å². The van der Waals surface area contributed by atoms with Crippen molar-refractivity contribution in [3.05, 3.63) is 35.4 Å². The molecule has 30 heavy (non-hydrogen) atoms. The summed E-state index contributed by atoms with van der Waals surface area (Å²) in [6.45, 7) is 0.611. The zero-order valence-corrected chi connectivity index (χ0v) is 18.7. The van der Waals surface area contributed by atoms with E-state index in [1.807, 2.05) is 12.1 Å². The molecule has 2 aliphatic carbocycles. The van der Waals surface area contributed by atoms with Gasteiger partial charge in [-0.15, -0.1) is 0 Å². The highest BCUT2D eigenvalue weighted by Crippen LogP contribution is 2.29. The highest BCUT2D eigenvalue weighted by Gasteiger charge is 2.24. The lowest BCUT2D eigenvalue weighted by atomic mass is 9.91. The number of aryl methyl sites for hydroxylation is 1. The van der Waals surface area contributed by atoms with E-state index in [2.05, 4.69) is 34.9 Å². The normalized spacial score (nSPS) is 20.9. The maximum absolute atomic E-state index is 5.43. The number of furan rings is 1. The van der Waals surface area contributed by atoms with Crippen LogP contribution >= 0.6 is 12.2 Å². The predicted molar refractivity (Wildman–Crippen MR) is 124 cm³/mol. The molecule has 0 aromatic carbocycles. The van der Waals surface area contributed by atoms with Gasteiger partial charge in [0.25, 0.3) is 0 Å². The van der Waals surface area contributed by atoms with Gasteiger partial charge in [-0.1, -0.05) is 0 Å². The van der Waals surface area contributed by atoms with Gasteiger partial charge in [-0.05, 0) is 75.7 Å². The summed E-state index contributed by atoms with van der Waals surface area (Å²) in [5.41, 5.74) is 2.56. The van der Waals surface area contributed by atoms with Gasteiger partial charge in [0.2, 0.25) is 5.95 Å². The molecule has 2 aromatic rings. The van der Waals surface area contributed by atoms with Crippen LogP contribution < -0.4 is 20.9 Å². The Morgan fingerprint density at radius 1 is 1.13 bits per heavy atom. The molecular weight excluding hydrogens is 396 g/mol. The average Bonchev–Trinajstić information content (AvgIpc) is 3.27. The van der Waals surface area contributed by atoms with E-state index in [1.54, 1.807) is 6.26 Å². The molecule has 8 heteroatoms. The van der Waals surface area contributed by atoms with Crippen LogP contribution in [0.2, 0.25) is 0 Å². The van der Waals surface area contributed by atoms with Gasteiger partial charge in [-0.3, -0.25) is 0 Å². The fourth-order valence-electron chi connectivity index (χ4n) is 4.39. The highest BCUT2D eigenvalue weighted by atomic mass is 32.1. The van der Waals surface area contributed by atoms with Crippen LogP contribution in [0.3, 0.4) is 0 Å². The third-order valence-electron chi connectivity index (χ3n) is 5.98. The summed E-state index contributed by atoms with van der Waals surface area (Å²) in [5, 5.41) is 11.0. The van der Waals surface area contributed by atoms with Crippen molar-refractivity contribution in [1.82, 2.24) is 20.6 Å². The van der Waals surface area contributed by atoms with Crippen molar-refractivity contribution in [2.45, 2.75) is 70.0 Å². The number of nitrogens with zero attached hydrogens (tertiary/aromatic N) is 3. The summed E-state index contributed by atoms with van der Waals surface area (Å²) in [4.78, 5) is 11.8. The van der Waals surface area contributed by atoms with Crippen LogP contribution in [-0.4, -0.2) is 41.3 Å². The number of thiocarbonyl (C=S) groups is 1. The largest absolute Gasteiger partial charge is 0.467 e. The lowest BCUT2D eigenvalue weighted by molar-refractivity contribution is 0.384. The third kappa shape index (κ3) is 5.22. The first-order valence-corrected chi connectivity index (χ1v) is 11.4. The van der Waals surface area contributed by atoms with E-state index in [0.717, 1.165) is 56.1 Å². The van der Waals surface area contributed by atoms with E-state index in [4.69, 9.17) is 26.6 Å². The average molecular weight is 429 g/mol. The number of aromatic nitrogens is 2. The Labute approximate surface area is 184 Å². The first-order valence-electron chi connectivity index (χ1n) is 11.0. The quantitative estimate of drug-likeness (QED) is 0.604. The minimum absolute atomic E-state index is 0.404. The minimum atomic E-state index is 0.404. The lowest BCUT2D eigenvalue weighted by Crippen LogP contribution is -2.44. The summed E-state index contributed by atoms with van der Waals surface area (Å²) in [6, 6.07) is 4.64. The molecule has 7 nitrogen and oxygen atoms in total.